The molecule has 0 saturated heterocycles. The van der Waals surface area contributed by atoms with Gasteiger partial charge in [-0.25, -0.2) is 15.0 Å². The molecule has 0 unspecified atom stereocenters. The minimum absolute atomic E-state index is 0.0673. The largest absolute Gasteiger partial charge is 0.456 e. The van der Waals surface area contributed by atoms with Gasteiger partial charge in [-0.05, 0) is 103 Å². The highest BCUT2D eigenvalue weighted by molar-refractivity contribution is 6.13. The van der Waals surface area contributed by atoms with Crippen LogP contribution < -0.4 is 0 Å². The molecule has 0 N–H and O–H groups in total. The molecule has 12 rings (SSSR count). The molecule has 0 atom stereocenters. The zero-order chi connectivity index (χ0) is 42.8. The number of benzene rings is 9. The van der Waals surface area contributed by atoms with Crippen LogP contribution in [0.5, 0.6) is 0 Å². The zero-order valence-electron chi connectivity index (χ0n) is 35.5. The van der Waals surface area contributed by atoms with E-state index < -0.39 is 0 Å². The van der Waals surface area contributed by atoms with Crippen LogP contribution >= 0.6 is 0 Å². The first-order valence-corrected chi connectivity index (χ1v) is 21.8. The van der Waals surface area contributed by atoms with Crippen LogP contribution in [0.2, 0.25) is 0 Å². The first-order valence-electron chi connectivity index (χ1n) is 21.8. The molecule has 1 aliphatic carbocycles. The Morgan fingerprint density at radius 3 is 1.58 bits per heavy atom. The quantitative estimate of drug-likeness (QED) is 0.161. The van der Waals surface area contributed by atoms with Crippen LogP contribution in [0, 0.1) is 0 Å². The monoisotopic (exact) mass is 819 g/mol. The minimum Gasteiger partial charge on any atom is -0.456 e. The van der Waals surface area contributed by atoms with E-state index in [0.717, 1.165) is 72.0 Å². The maximum Gasteiger partial charge on any atom is 0.164 e. The first kappa shape index (κ1) is 37.5. The first-order chi connectivity index (χ1) is 31.5. The summed E-state index contributed by atoms with van der Waals surface area (Å²) in [6.45, 7) is 4.67. The summed E-state index contributed by atoms with van der Waals surface area (Å²) in [6, 6.07) is 74.9. The van der Waals surface area contributed by atoms with Gasteiger partial charge >= 0.3 is 0 Å². The van der Waals surface area contributed by atoms with E-state index >= 15 is 0 Å². The molecule has 4 nitrogen and oxygen atoms in total. The summed E-state index contributed by atoms with van der Waals surface area (Å²) in [5.41, 5.74) is 18.7. The Morgan fingerprint density at radius 2 is 0.812 bits per heavy atom. The third-order valence-corrected chi connectivity index (χ3v) is 13.0. The van der Waals surface area contributed by atoms with E-state index in [0.29, 0.717) is 17.5 Å². The summed E-state index contributed by atoms with van der Waals surface area (Å²) in [4.78, 5) is 15.8. The fourth-order valence-corrected chi connectivity index (χ4v) is 9.72. The molecular formula is C60H41N3O. The average molecular weight is 820 g/mol. The van der Waals surface area contributed by atoms with Gasteiger partial charge in [-0.15, -0.1) is 0 Å². The predicted molar refractivity (Wildman–Crippen MR) is 263 cm³/mol. The summed E-state index contributed by atoms with van der Waals surface area (Å²) in [6.07, 6.45) is 0. The fourth-order valence-electron chi connectivity index (χ4n) is 9.72. The Kier molecular flexibility index (Phi) is 8.80. The highest BCUT2D eigenvalue weighted by atomic mass is 16.3. The van der Waals surface area contributed by atoms with Crippen LogP contribution in [0.15, 0.2) is 217 Å². The molecule has 64 heavy (non-hydrogen) atoms. The average Bonchev–Trinajstić information content (AvgIpc) is 3.85. The lowest BCUT2D eigenvalue weighted by molar-refractivity contribution is 0.660. The SMILES string of the molecule is CC1(C)c2ccccc2-c2ccc(-c3cccc(-c4ccc5oc6cccc(-c7nc(-c8cccc(-c9ccccc9)c8)nc(-c8ccccc8-c8ccccc8)n7)c6c5c4)c3)cc21. The van der Waals surface area contributed by atoms with E-state index in [-0.39, 0.29) is 5.41 Å². The van der Waals surface area contributed by atoms with Crippen molar-refractivity contribution in [2.75, 3.05) is 0 Å². The zero-order valence-corrected chi connectivity index (χ0v) is 35.5. The van der Waals surface area contributed by atoms with E-state index in [1.165, 1.54) is 33.4 Å². The summed E-state index contributed by atoms with van der Waals surface area (Å²) in [5.74, 6) is 1.78. The van der Waals surface area contributed by atoms with Crippen molar-refractivity contribution >= 4 is 21.9 Å². The lowest BCUT2D eigenvalue weighted by Crippen LogP contribution is -2.14. The van der Waals surface area contributed by atoms with Gasteiger partial charge in [0.2, 0.25) is 0 Å². The van der Waals surface area contributed by atoms with E-state index in [4.69, 9.17) is 19.4 Å². The van der Waals surface area contributed by atoms with Crippen molar-refractivity contribution in [3.05, 3.63) is 223 Å². The van der Waals surface area contributed by atoms with Crippen LogP contribution in [0.4, 0.5) is 0 Å². The molecule has 0 radical (unpaired) electrons. The Labute approximate surface area is 372 Å². The van der Waals surface area contributed by atoms with Gasteiger partial charge in [-0.2, -0.15) is 0 Å². The van der Waals surface area contributed by atoms with Crippen molar-refractivity contribution < 1.29 is 4.42 Å². The van der Waals surface area contributed by atoms with Gasteiger partial charge in [0.1, 0.15) is 11.2 Å². The molecule has 0 saturated carbocycles. The lowest BCUT2D eigenvalue weighted by atomic mass is 9.81. The summed E-state index contributed by atoms with van der Waals surface area (Å²) in [5, 5.41) is 1.97. The fraction of sp³-hybridized carbons (Fsp3) is 0.0500. The molecular weight excluding hydrogens is 779 g/mol. The third kappa shape index (κ3) is 6.34. The number of furan rings is 1. The molecule has 0 spiro atoms. The van der Waals surface area contributed by atoms with E-state index in [1.807, 2.05) is 30.3 Å². The molecule has 9 aromatic carbocycles. The maximum atomic E-state index is 6.59. The number of aromatic nitrogens is 3. The molecule has 0 aliphatic heterocycles. The van der Waals surface area contributed by atoms with Crippen molar-refractivity contribution in [2.45, 2.75) is 19.3 Å². The molecule has 2 heterocycles. The number of hydrogen-bond acceptors (Lipinski definition) is 4. The van der Waals surface area contributed by atoms with Gasteiger partial charge in [0.15, 0.2) is 17.5 Å². The molecule has 302 valence electrons. The Hall–Kier alpha value is -8.21. The smallest absolute Gasteiger partial charge is 0.164 e. The summed E-state index contributed by atoms with van der Waals surface area (Å²) in [7, 11) is 0. The minimum atomic E-state index is -0.0673. The molecule has 0 bridgehead atoms. The molecule has 0 fully saturated rings. The Bertz CT molecular complexity index is 3590. The Balaban J connectivity index is 0.998. The molecule has 0 amide bonds. The Morgan fingerprint density at radius 1 is 0.312 bits per heavy atom. The number of hydrogen-bond donors (Lipinski definition) is 0. The second-order valence-electron chi connectivity index (χ2n) is 17.2. The number of nitrogens with zero attached hydrogens (tertiary/aromatic N) is 3. The van der Waals surface area contributed by atoms with Crippen molar-refractivity contribution in [2.24, 2.45) is 0 Å². The standard InChI is InChI=1S/C60H41N3O/c1-60(2)52-28-12-11-25-47(52)48-32-30-44(37-53(48)60)42-22-13-21-41(34-42)43-31-33-54-51(36-43)56-50(27-15-29-55(56)64-54)59-62-57(45-23-14-20-40(35-45)38-16-5-3-6-17-38)61-58(63-59)49-26-10-9-24-46(49)39-18-7-4-8-19-39/h3-37H,1-2H3. The highest BCUT2D eigenvalue weighted by Crippen LogP contribution is 2.50. The van der Waals surface area contributed by atoms with Gasteiger partial charge in [-0.3, -0.25) is 0 Å². The van der Waals surface area contributed by atoms with Crippen LogP contribution in [0.1, 0.15) is 25.0 Å². The van der Waals surface area contributed by atoms with E-state index in [1.54, 1.807) is 0 Å². The number of rotatable bonds is 7. The van der Waals surface area contributed by atoms with Gasteiger partial charge in [0.25, 0.3) is 0 Å². The second kappa shape index (κ2) is 15.0. The highest BCUT2D eigenvalue weighted by Gasteiger charge is 2.35. The van der Waals surface area contributed by atoms with E-state index in [2.05, 4.69) is 196 Å². The maximum absolute atomic E-state index is 6.59. The van der Waals surface area contributed by atoms with Gasteiger partial charge in [0, 0.05) is 32.9 Å². The third-order valence-electron chi connectivity index (χ3n) is 13.0. The van der Waals surface area contributed by atoms with E-state index in [9.17, 15) is 0 Å². The molecule has 2 aromatic heterocycles. The van der Waals surface area contributed by atoms with Crippen molar-refractivity contribution in [3.8, 4) is 89.8 Å². The normalized spacial score (nSPS) is 12.7. The van der Waals surface area contributed by atoms with Crippen LogP contribution in [-0.4, -0.2) is 15.0 Å². The summed E-state index contributed by atoms with van der Waals surface area (Å²) < 4.78 is 6.59. The van der Waals surface area contributed by atoms with Crippen LogP contribution in [-0.2, 0) is 5.41 Å². The molecule has 4 heteroatoms. The van der Waals surface area contributed by atoms with Crippen molar-refractivity contribution in [1.29, 1.82) is 0 Å². The van der Waals surface area contributed by atoms with Crippen molar-refractivity contribution in [1.82, 2.24) is 15.0 Å². The second-order valence-corrected chi connectivity index (χ2v) is 17.2. The van der Waals surface area contributed by atoms with Gasteiger partial charge in [-0.1, -0.05) is 190 Å². The molecule has 1 aliphatic rings. The van der Waals surface area contributed by atoms with Crippen LogP contribution in [0.25, 0.3) is 112 Å². The predicted octanol–water partition coefficient (Wildman–Crippen LogP) is 15.7. The molecule has 11 aromatic rings. The van der Waals surface area contributed by atoms with Gasteiger partial charge < -0.3 is 4.42 Å². The van der Waals surface area contributed by atoms with Gasteiger partial charge in [0.05, 0.1) is 0 Å². The van der Waals surface area contributed by atoms with Crippen molar-refractivity contribution in [3.63, 3.8) is 0 Å². The number of fused-ring (bicyclic) bond motifs is 6. The lowest BCUT2D eigenvalue weighted by Gasteiger charge is -2.22. The van der Waals surface area contributed by atoms with Crippen LogP contribution in [0.3, 0.4) is 0 Å². The topological polar surface area (TPSA) is 51.8 Å². The summed E-state index contributed by atoms with van der Waals surface area (Å²) >= 11 is 0.